The second-order valence-electron chi connectivity index (χ2n) is 5.59. The van der Waals surface area contributed by atoms with E-state index in [9.17, 15) is 19.2 Å². The molecular formula is C18H36O12. The van der Waals surface area contributed by atoms with E-state index in [-0.39, 0.29) is 52.1 Å². The third-order valence-electron chi connectivity index (χ3n) is 2.72. The summed E-state index contributed by atoms with van der Waals surface area (Å²) in [7, 11) is 0. The topological polar surface area (TPSA) is 230 Å². The number of unbranched alkanes of at least 4 members (excludes halogenated alkanes) is 3. The van der Waals surface area contributed by atoms with Crippen molar-refractivity contribution >= 4 is 23.9 Å². The van der Waals surface area contributed by atoms with E-state index in [1.807, 2.05) is 0 Å². The molecule has 0 aromatic heterocycles. The molecule has 0 aromatic carbocycles. The Kier molecular flexibility index (Phi) is 36.8. The maximum Gasteiger partial charge on any atom is 0.303 e. The third kappa shape index (κ3) is 63.6. The van der Waals surface area contributed by atoms with Crippen LogP contribution in [0.1, 0.15) is 64.2 Å². The van der Waals surface area contributed by atoms with Gasteiger partial charge >= 0.3 is 23.9 Å². The second kappa shape index (κ2) is 31.4. The van der Waals surface area contributed by atoms with Gasteiger partial charge in [-0.3, -0.25) is 19.2 Å². The van der Waals surface area contributed by atoms with Gasteiger partial charge in [0.2, 0.25) is 0 Å². The van der Waals surface area contributed by atoms with Gasteiger partial charge in [0.05, 0.1) is 12.8 Å². The summed E-state index contributed by atoms with van der Waals surface area (Å²) in [5, 5.41) is 64.4. The van der Waals surface area contributed by atoms with Crippen LogP contribution in [0.25, 0.3) is 0 Å². The molecule has 30 heavy (non-hydrogen) atoms. The molecule has 12 heteroatoms. The molecule has 0 aromatic rings. The molecular weight excluding hydrogens is 408 g/mol. The van der Waals surface area contributed by atoms with Crippen LogP contribution in [0.3, 0.4) is 0 Å². The van der Waals surface area contributed by atoms with Crippen LogP contribution >= 0.6 is 0 Å². The van der Waals surface area contributed by atoms with E-state index in [0.29, 0.717) is 12.8 Å². The van der Waals surface area contributed by atoms with Crippen LogP contribution in [0.2, 0.25) is 0 Å². The normalized spacial score (nSPS) is 8.93. The van der Waals surface area contributed by atoms with E-state index in [4.69, 9.17) is 40.9 Å². The smallest absolute Gasteiger partial charge is 0.303 e. The van der Waals surface area contributed by atoms with Crippen molar-refractivity contribution in [2.45, 2.75) is 64.2 Å². The predicted octanol–water partition coefficient (Wildman–Crippen LogP) is 0.154. The van der Waals surface area contributed by atoms with Gasteiger partial charge in [0, 0.05) is 39.3 Å². The number of carboxylic acid groups (broad SMARTS) is 4. The van der Waals surface area contributed by atoms with Crippen molar-refractivity contribution in [3.63, 3.8) is 0 Å². The summed E-state index contributed by atoms with van der Waals surface area (Å²) in [6.45, 7) is 0.780. The van der Waals surface area contributed by atoms with Gasteiger partial charge in [0.15, 0.2) is 0 Å². The van der Waals surface area contributed by atoms with Crippen molar-refractivity contribution in [1.29, 1.82) is 0 Å². The molecule has 0 radical (unpaired) electrons. The number of aliphatic hydroxyl groups excluding tert-OH is 4. The van der Waals surface area contributed by atoms with Gasteiger partial charge in [-0.15, -0.1) is 0 Å². The molecule has 0 saturated heterocycles. The van der Waals surface area contributed by atoms with E-state index in [2.05, 4.69) is 0 Å². The number of carboxylic acids is 4. The maximum atomic E-state index is 9.90. The number of aliphatic hydroxyl groups is 4. The minimum atomic E-state index is -1.08. The average molecular weight is 444 g/mol. The highest BCUT2D eigenvalue weighted by atomic mass is 16.4. The highest BCUT2D eigenvalue weighted by molar-refractivity contribution is 5.75. The highest BCUT2D eigenvalue weighted by Crippen LogP contribution is 1.98. The van der Waals surface area contributed by atoms with Crippen LogP contribution < -0.4 is 0 Å². The molecule has 12 nitrogen and oxygen atoms in total. The first kappa shape index (κ1) is 35.2. The van der Waals surface area contributed by atoms with Crippen LogP contribution in [0.4, 0.5) is 0 Å². The Morgan fingerprint density at radius 2 is 0.567 bits per heavy atom. The van der Waals surface area contributed by atoms with Gasteiger partial charge in [-0.05, 0) is 38.5 Å². The monoisotopic (exact) mass is 444 g/mol. The highest BCUT2D eigenvalue weighted by Gasteiger charge is 2.00. The molecule has 0 aliphatic rings. The molecule has 0 fully saturated rings. The molecule has 0 atom stereocenters. The molecule has 0 rings (SSSR count). The summed E-state index contributed by atoms with van der Waals surface area (Å²) in [5.74, 6) is -3.89. The average Bonchev–Trinajstić information content (AvgIpc) is 2.67. The van der Waals surface area contributed by atoms with Gasteiger partial charge in [-0.25, -0.2) is 0 Å². The van der Waals surface area contributed by atoms with Crippen LogP contribution in [0.15, 0.2) is 0 Å². The zero-order valence-corrected chi connectivity index (χ0v) is 17.1. The minimum Gasteiger partial charge on any atom is -0.481 e. The summed E-state index contributed by atoms with van der Waals surface area (Å²) in [6, 6.07) is 0. The van der Waals surface area contributed by atoms with Crippen molar-refractivity contribution in [2.75, 3.05) is 26.4 Å². The molecule has 0 spiro atoms. The van der Waals surface area contributed by atoms with Gasteiger partial charge in [-0.1, -0.05) is 0 Å². The lowest BCUT2D eigenvalue weighted by atomic mass is 10.2. The zero-order chi connectivity index (χ0) is 24.2. The van der Waals surface area contributed by atoms with E-state index < -0.39 is 23.9 Å². The maximum absolute atomic E-state index is 9.90. The predicted molar refractivity (Wildman–Crippen MR) is 105 cm³/mol. The third-order valence-corrected chi connectivity index (χ3v) is 2.72. The Morgan fingerprint density at radius 3 is 0.700 bits per heavy atom. The molecule has 180 valence electrons. The summed E-state index contributed by atoms with van der Waals surface area (Å²) < 4.78 is 0. The van der Waals surface area contributed by atoms with Crippen LogP contribution in [-0.4, -0.2) is 91.2 Å². The Hall–Kier alpha value is -2.28. The van der Waals surface area contributed by atoms with Crippen LogP contribution in [0, 0.1) is 0 Å². The quantitative estimate of drug-likeness (QED) is 0.167. The molecule has 0 amide bonds. The molecule has 0 unspecified atom stereocenters. The largest absolute Gasteiger partial charge is 0.481 e. The standard InChI is InChI=1S/C6H10O4.C4H6O4.2C4H10O2/c7-5(8)3-1-2-4-6(9)10;5-3(6)1-2-4(7)8;2*5-3-1-2-4-6/h1-4H2,(H,7,8)(H,9,10);1-2H2,(H,5,6)(H,7,8);2*5-6H,1-4H2. The lowest BCUT2D eigenvalue weighted by Crippen LogP contribution is -2.00. The Labute approximate surface area is 175 Å². The first-order valence-corrected chi connectivity index (χ1v) is 9.39. The van der Waals surface area contributed by atoms with Crippen LogP contribution in [-0.2, 0) is 19.2 Å². The summed E-state index contributed by atoms with van der Waals surface area (Å²) in [4.78, 5) is 39.1. The fourth-order valence-corrected chi connectivity index (χ4v) is 1.21. The zero-order valence-electron chi connectivity index (χ0n) is 17.1. The summed E-state index contributed by atoms with van der Waals surface area (Å²) in [5.41, 5.74) is 0. The molecule has 0 bridgehead atoms. The van der Waals surface area contributed by atoms with E-state index in [1.165, 1.54) is 0 Å². The Balaban J connectivity index is -0.000000154. The lowest BCUT2D eigenvalue weighted by molar-refractivity contribution is -0.143. The van der Waals surface area contributed by atoms with Crippen LogP contribution in [0.5, 0.6) is 0 Å². The van der Waals surface area contributed by atoms with Gasteiger partial charge in [-0.2, -0.15) is 0 Å². The van der Waals surface area contributed by atoms with Crippen molar-refractivity contribution in [1.82, 2.24) is 0 Å². The number of hydrogen-bond acceptors (Lipinski definition) is 8. The summed E-state index contributed by atoms with van der Waals surface area (Å²) >= 11 is 0. The number of aliphatic carboxylic acids is 4. The summed E-state index contributed by atoms with van der Waals surface area (Å²) in [6.07, 6.45) is 3.30. The van der Waals surface area contributed by atoms with Gasteiger partial charge in [0.25, 0.3) is 0 Å². The molecule has 0 aliphatic carbocycles. The first-order valence-electron chi connectivity index (χ1n) is 9.39. The van der Waals surface area contributed by atoms with Gasteiger partial charge < -0.3 is 40.9 Å². The van der Waals surface area contributed by atoms with Gasteiger partial charge in [0.1, 0.15) is 0 Å². The van der Waals surface area contributed by atoms with Crippen molar-refractivity contribution in [3.05, 3.63) is 0 Å². The number of hydrogen-bond donors (Lipinski definition) is 8. The van der Waals surface area contributed by atoms with Crippen molar-refractivity contribution in [2.24, 2.45) is 0 Å². The molecule has 8 N–H and O–H groups in total. The molecule has 0 heterocycles. The van der Waals surface area contributed by atoms with E-state index in [0.717, 1.165) is 25.7 Å². The molecule has 0 saturated carbocycles. The first-order chi connectivity index (χ1) is 14.1. The Bertz CT molecular complexity index is 366. The molecule has 0 aliphatic heterocycles. The Morgan fingerprint density at radius 1 is 0.367 bits per heavy atom. The fourth-order valence-electron chi connectivity index (χ4n) is 1.21. The minimum absolute atomic E-state index is 0.0628. The van der Waals surface area contributed by atoms with Crippen molar-refractivity contribution in [3.8, 4) is 0 Å². The second-order valence-corrected chi connectivity index (χ2v) is 5.59. The van der Waals surface area contributed by atoms with E-state index in [1.54, 1.807) is 0 Å². The fraction of sp³-hybridized carbons (Fsp3) is 0.778. The number of carbonyl (C=O) groups is 4. The number of rotatable bonds is 14. The van der Waals surface area contributed by atoms with E-state index >= 15 is 0 Å². The lowest BCUT2D eigenvalue weighted by Gasteiger charge is -1.92. The van der Waals surface area contributed by atoms with Crippen molar-refractivity contribution < 1.29 is 60.0 Å². The SMILES string of the molecule is O=C(O)CCC(=O)O.O=C(O)CCCCC(=O)O.OCCCCO.OCCCCO.